The van der Waals surface area contributed by atoms with Crippen LogP contribution in [0.2, 0.25) is 5.02 Å². The molecule has 0 atom stereocenters. The summed E-state index contributed by atoms with van der Waals surface area (Å²) in [5.41, 5.74) is 0.157. The maximum absolute atomic E-state index is 13.1. The molecule has 1 amide bonds. The molecule has 1 heterocycles. The fraction of sp³-hybridized carbons (Fsp3) is 0.208. The van der Waals surface area contributed by atoms with E-state index in [0.29, 0.717) is 10.6 Å². The third-order valence-corrected chi connectivity index (χ3v) is 7.28. The molecule has 0 bridgehead atoms. The average molecular weight is 541 g/mol. The third-order valence-electron chi connectivity index (χ3n) is 5.48. The normalized spacial score (nSPS) is 15.2. The highest BCUT2D eigenvalue weighted by Crippen LogP contribution is 2.35. The number of nitrogens with one attached hydrogen (secondary N) is 1. The van der Waals surface area contributed by atoms with Gasteiger partial charge in [-0.2, -0.15) is 4.72 Å². The lowest BCUT2D eigenvalue weighted by Gasteiger charge is -2.49. The molecule has 0 aliphatic carbocycles. The summed E-state index contributed by atoms with van der Waals surface area (Å²) in [7, 11) is -4.20. The predicted molar refractivity (Wildman–Crippen MR) is 125 cm³/mol. The highest BCUT2D eigenvalue weighted by atomic mass is 35.5. The van der Waals surface area contributed by atoms with E-state index in [1.165, 1.54) is 4.90 Å². The molecule has 0 spiro atoms. The van der Waals surface area contributed by atoms with Crippen molar-refractivity contribution in [2.45, 2.75) is 23.4 Å². The van der Waals surface area contributed by atoms with Gasteiger partial charge in [0.2, 0.25) is 10.0 Å². The van der Waals surface area contributed by atoms with Gasteiger partial charge < -0.3 is 14.4 Å². The summed E-state index contributed by atoms with van der Waals surface area (Å²) in [5.74, 6) is -0.551. The molecule has 190 valence electrons. The number of rotatable bonds is 7. The van der Waals surface area contributed by atoms with Crippen molar-refractivity contribution in [3.05, 3.63) is 95.0 Å². The summed E-state index contributed by atoms with van der Waals surface area (Å²) in [5, 5.41) is 0.440. The number of carbonyl (C=O) groups is 1. The van der Waals surface area contributed by atoms with Crippen LogP contribution in [0.3, 0.4) is 0 Å². The molecule has 1 fully saturated rings. The van der Waals surface area contributed by atoms with Crippen molar-refractivity contribution in [3.63, 3.8) is 0 Å². The molecule has 0 unspecified atom stereocenters. The summed E-state index contributed by atoms with van der Waals surface area (Å²) in [6.45, 7) is -0.00427. The number of hydrogen-bond acceptors (Lipinski definition) is 5. The van der Waals surface area contributed by atoms with Gasteiger partial charge in [-0.15, -0.1) is 13.2 Å². The maximum Gasteiger partial charge on any atom is 0.573 e. The first-order valence-electron chi connectivity index (χ1n) is 10.6. The lowest BCUT2D eigenvalue weighted by molar-refractivity contribution is -0.274. The molecule has 1 aliphatic rings. The second kappa shape index (κ2) is 10.00. The molecule has 1 saturated heterocycles. The lowest BCUT2D eigenvalue weighted by Crippen LogP contribution is -2.68. The van der Waals surface area contributed by atoms with Crippen molar-refractivity contribution in [1.29, 1.82) is 0 Å². The van der Waals surface area contributed by atoms with Crippen molar-refractivity contribution in [1.82, 2.24) is 9.62 Å². The van der Waals surface area contributed by atoms with E-state index in [1.54, 1.807) is 36.4 Å². The van der Waals surface area contributed by atoms with Crippen LogP contribution < -0.4 is 9.46 Å². The molecule has 3 aromatic rings. The summed E-state index contributed by atoms with van der Waals surface area (Å²) >= 11 is 5.98. The van der Waals surface area contributed by atoms with Gasteiger partial charge >= 0.3 is 12.5 Å². The number of hydrogen-bond donors (Lipinski definition) is 1. The SMILES string of the molecule is O=C(OCc1ccccc1)N1CC(NS(=O)(=O)c2ccc(OC(F)(F)F)cc2)(c2ccc(Cl)cc2)C1. The van der Waals surface area contributed by atoms with Gasteiger partial charge in [0.1, 0.15) is 12.4 Å². The Hall–Kier alpha value is -3.28. The number of likely N-dealkylation sites (tertiary alicyclic amines) is 1. The van der Waals surface area contributed by atoms with Gasteiger partial charge in [0.05, 0.1) is 10.4 Å². The molecule has 0 aromatic heterocycles. The molecule has 3 aromatic carbocycles. The van der Waals surface area contributed by atoms with Crippen molar-refractivity contribution in [2.24, 2.45) is 0 Å². The predicted octanol–water partition coefficient (Wildman–Crippen LogP) is 5.06. The number of amides is 1. The zero-order valence-corrected chi connectivity index (χ0v) is 20.1. The second-order valence-electron chi connectivity index (χ2n) is 8.11. The Morgan fingerprint density at radius 3 is 2.17 bits per heavy atom. The molecular formula is C24H20ClF3N2O5S. The Bertz CT molecular complexity index is 1310. The minimum absolute atomic E-state index is 0.0310. The van der Waals surface area contributed by atoms with Gasteiger partial charge in [-0.3, -0.25) is 0 Å². The number of ether oxygens (including phenoxy) is 2. The van der Waals surface area contributed by atoms with Gasteiger partial charge in [0.25, 0.3) is 0 Å². The molecule has 1 aliphatic heterocycles. The van der Waals surface area contributed by atoms with Gasteiger partial charge in [0, 0.05) is 18.1 Å². The fourth-order valence-corrected chi connectivity index (χ4v) is 5.26. The number of alkyl halides is 3. The quantitative estimate of drug-likeness (QED) is 0.452. The summed E-state index contributed by atoms with van der Waals surface area (Å²) in [4.78, 5) is 13.6. The standard InChI is InChI=1S/C24H20ClF3N2O5S/c25-19-8-6-18(7-9-19)23(15-30(16-23)22(31)34-14-17-4-2-1-3-5-17)29-36(32,33)21-12-10-20(11-13-21)35-24(26,27)28/h1-13,29H,14-16H2. The van der Waals surface area contributed by atoms with Crippen molar-refractivity contribution >= 4 is 27.7 Å². The molecule has 0 saturated carbocycles. The molecule has 4 rings (SSSR count). The monoisotopic (exact) mass is 540 g/mol. The van der Waals surface area contributed by atoms with Crippen molar-refractivity contribution < 1.29 is 35.9 Å². The van der Waals surface area contributed by atoms with E-state index in [9.17, 15) is 26.4 Å². The zero-order valence-electron chi connectivity index (χ0n) is 18.5. The van der Waals surface area contributed by atoms with E-state index in [0.717, 1.165) is 29.8 Å². The number of carbonyl (C=O) groups excluding carboxylic acids is 1. The van der Waals surface area contributed by atoms with E-state index in [4.69, 9.17) is 16.3 Å². The maximum atomic E-state index is 13.1. The fourth-order valence-electron chi connectivity index (χ4n) is 3.76. The van der Waals surface area contributed by atoms with Crippen molar-refractivity contribution in [3.8, 4) is 5.75 Å². The summed E-state index contributed by atoms with van der Waals surface area (Å²) in [6.07, 6.45) is -5.52. The van der Waals surface area contributed by atoms with E-state index >= 15 is 0 Å². The van der Waals surface area contributed by atoms with Crippen LogP contribution in [0.15, 0.2) is 83.8 Å². The molecule has 12 heteroatoms. The molecule has 36 heavy (non-hydrogen) atoms. The topological polar surface area (TPSA) is 84.9 Å². The van der Waals surface area contributed by atoms with Gasteiger partial charge in [-0.05, 0) is 47.5 Å². The molecular weight excluding hydrogens is 521 g/mol. The summed E-state index contributed by atoms with van der Waals surface area (Å²) < 4.78 is 75.2. The van der Waals surface area contributed by atoms with Gasteiger partial charge in [-0.1, -0.05) is 54.1 Å². The lowest BCUT2D eigenvalue weighted by atomic mass is 9.84. The van der Waals surface area contributed by atoms with Crippen LogP contribution in [-0.2, 0) is 26.9 Å². The average Bonchev–Trinajstić information content (AvgIpc) is 2.80. The van der Waals surface area contributed by atoms with Crippen molar-refractivity contribution in [2.75, 3.05) is 13.1 Å². The number of benzene rings is 3. The first kappa shape index (κ1) is 25.8. The Morgan fingerprint density at radius 1 is 0.972 bits per heavy atom. The largest absolute Gasteiger partial charge is 0.573 e. The van der Waals surface area contributed by atoms with Crippen LogP contribution in [0, 0.1) is 0 Å². The van der Waals surface area contributed by atoms with E-state index in [1.807, 2.05) is 18.2 Å². The zero-order chi connectivity index (χ0) is 26.0. The first-order valence-corrected chi connectivity index (χ1v) is 12.4. The molecule has 7 nitrogen and oxygen atoms in total. The molecule has 0 radical (unpaired) electrons. The van der Waals surface area contributed by atoms with E-state index < -0.39 is 33.8 Å². The summed E-state index contributed by atoms with van der Waals surface area (Å²) in [6, 6.07) is 19.4. The number of nitrogens with zero attached hydrogens (tertiary/aromatic N) is 1. The van der Waals surface area contributed by atoms with Crippen LogP contribution in [0.4, 0.5) is 18.0 Å². The van der Waals surface area contributed by atoms with Crippen LogP contribution in [0.1, 0.15) is 11.1 Å². The smallest absolute Gasteiger partial charge is 0.445 e. The Balaban J connectivity index is 1.51. The highest BCUT2D eigenvalue weighted by Gasteiger charge is 2.50. The second-order valence-corrected chi connectivity index (χ2v) is 10.2. The van der Waals surface area contributed by atoms with Crippen LogP contribution in [0.5, 0.6) is 5.75 Å². The minimum Gasteiger partial charge on any atom is -0.445 e. The van der Waals surface area contributed by atoms with Crippen LogP contribution >= 0.6 is 11.6 Å². The minimum atomic E-state index is -4.90. The number of halogens is 4. The van der Waals surface area contributed by atoms with Gasteiger partial charge in [-0.25, -0.2) is 13.2 Å². The highest BCUT2D eigenvalue weighted by molar-refractivity contribution is 7.89. The van der Waals surface area contributed by atoms with Gasteiger partial charge in [0.15, 0.2) is 0 Å². The van der Waals surface area contributed by atoms with E-state index in [-0.39, 0.29) is 24.6 Å². The van der Waals surface area contributed by atoms with E-state index in [2.05, 4.69) is 9.46 Å². The Kier molecular flexibility index (Phi) is 7.17. The Labute approximate surface area is 210 Å². The third kappa shape index (κ3) is 6.10. The number of sulfonamides is 1. The van der Waals surface area contributed by atoms with Crippen LogP contribution in [0.25, 0.3) is 0 Å². The Morgan fingerprint density at radius 2 is 1.58 bits per heavy atom. The van der Waals surface area contributed by atoms with Crippen LogP contribution in [-0.4, -0.2) is 38.9 Å². The molecule has 1 N–H and O–H groups in total. The first-order chi connectivity index (χ1) is 17.0.